The number of H-pyrrole nitrogens is 1. The molecule has 1 aromatic carbocycles. The van der Waals surface area contributed by atoms with Crippen molar-refractivity contribution in [3.63, 3.8) is 0 Å². The molecule has 1 aromatic heterocycles. The summed E-state index contributed by atoms with van der Waals surface area (Å²) < 4.78 is 0. The topological polar surface area (TPSA) is 48.5 Å². The molecular formula is C14H12ClN3O. The van der Waals surface area contributed by atoms with Gasteiger partial charge in [0.15, 0.2) is 0 Å². The highest BCUT2D eigenvalue weighted by molar-refractivity contribution is 6.31. The minimum absolute atomic E-state index is 0.0369. The van der Waals surface area contributed by atoms with E-state index in [0.29, 0.717) is 5.02 Å². The number of rotatable bonds is 1. The fraction of sp³-hybridized carbons (Fsp3) is 0.143. The van der Waals surface area contributed by atoms with E-state index in [1.165, 1.54) is 0 Å². The van der Waals surface area contributed by atoms with Crippen molar-refractivity contribution in [2.75, 3.05) is 18.5 Å². The van der Waals surface area contributed by atoms with E-state index in [2.05, 4.69) is 9.98 Å². The maximum Gasteiger partial charge on any atom is 0.248 e. The molecular weight excluding hydrogens is 262 g/mol. The van der Waals surface area contributed by atoms with Crippen LogP contribution in [0.3, 0.4) is 0 Å². The van der Waals surface area contributed by atoms with Crippen LogP contribution in [0.1, 0.15) is 11.3 Å². The van der Waals surface area contributed by atoms with E-state index in [0.717, 1.165) is 22.7 Å². The second kappa shape index (κ2) is 4.55. The van der Waals surface area contributed by atoms with E-state index < -0.39 is 0 Å². The molecule has 1 aliphatic rings. The Morgan fingerprint density at radius 2 is 2.21 bits per heavy atom. The van der Waals surface area contributed by atoms with Crippen LogP contribution in [0.5, 0.6) is 0 Å². The molecule has 0 saturated carbocycles. The number of halogens is 1. The summed E-state index contributed by atoms with van der Waals surface area (Å²) in [5, 5.41) is 0.626. The molecule has 2 aromatic rings. The lowest BCUT2D eigenvalue weighted by Gasteiger charge is -2.17. The van der Waals surface area contributed by atoms with Crippen molar-refractivity contribution in [3.05, 3.63) is 52.8 Å². The van der Waals surface area contributed by atoms with E-state index in [1.54, 1.807) is 18.0 Å². The Balaban J connectivity index is 2.24. The maximum atomic E-state index is 12.0. The average molecular weight is 274 g/mol. The van der Waals surface area contributed by atoms with E-state index in [-0.39, 0.29) is 12.5 Å². The molecule has 0 spiro atoms. The lowest BCUT2D eigenvalue weighted by molar-refractivity contribution is -0.116. The monoisotopic (exact) mass is 273 g/mol. The van der Waals surface area contributed by atoms with Gasteiger partial charge in [0.2, 0.25) is 5.91 Å². The molecule has 1 amide bonds. The summed E-state index contributed by atoms with van der Waals surface area (Å²) in [4.78, 5) is 21.1. The molecule has 5 heteroatoms. The zero-order valence-corrected chi connectivity index (χ0v) is 11.1. The minimum atomic E-state index is -0.0369. The number of likely N-dealkylation sites (N-methyl/N-ethyl adjacent to an activating group) is 1. The van der Waals surface area contributed by atoms with Crippen LogP contribution in [-0.2, 0) is 4.79 Å². The van der Waals surface area contributed by atoms with Gasteiger partial charge in [-0.25, -0.2) is 0 Å². The van der Waals surface area contributed by atoms with E-state index >= 15 is 0 Å². The van der Waals surface area contributed by atoms with Gasteiger partial charge in [-0.05, 0) is 30.3 Å². The third-order valence-corrected chi connectivity index (χ3v) is 3.41. The van der Waals surface area contributed by atoms with Crippen molar-refractivity contribution in [1.82, 2.24) is 4.98 Å². The number of nitrogens with one attached hydrogen (secondary N) is 1. The third kappa shape index (κ3) is 2.04. The average Bonchev–Trinajstić information content (AvgIpc) is 2.88. The van der Waals surface area contributed by atoms with Crippen molar-refractivity contribution in [2.45, 2.75) is 0 Å². The van der Waals surface area contributed by atoms with Gasteiger partial charge in [-0.3, -0.25) is 9.79 Å². The molecule has 4 nitrogen and oxygen atoms in total. The number of carbonyl (C=O) groups excluding carboxylic acids is 1. The Hall–Kier alpha value is -2.07. The Labute approximate surface area is 115 Å². The quantitative estimate of drug-likeness (QED) is 0.853. The van der Waals surface area contributed by atoms with Crippen LogP contribution in [0, 0.1) is 0 Å². The maximum absolute atomic E-state index is 12.0. The van der Waals surface area contributed by atoms with Crippen LogP contribution in [0.4, 0.5) is 5.69 Å². The number of aromatic amines is 1. The number of aliphatic imine (C=N–C) groups is 1. The molecule has 0 unspecified atom stereocenters. The van der Waals surface area contributed by atoms with Crippen LogP contribution < -0.4 is 4.90 Å². The van der Waals surface area contributed by atoms with Gasteiger partial charge in [0.1, 0.15) is 6.54 Å². The number of amides is 1. The van der Waals surface area contributed by atoms with Gasteiger partial charge in [0.05, 0.1) is 17.1 Å². The van der Waals surface area contributed by atoms with Crippen molar-refractivity contribution in [3.8, 4) is 0 Å². The molecule has 0 radical (unpaired) electrons. The number of hydrogen-bond acceptors (Lipinski definition) is 2. The summed E-state index contributed by atoms with van der Waals surface area (Å²) in [7, 11) is 1.75. The summed E-state index contributed by atoms with van der Waals surface area (Å²) in [6.07, 6.45) is 1.83. The second-order valence-electron chi connectivity index (χ2n) is 4.36. The lowest BCUT2D eigenvalue weighted by atomic mass is 10.0. The Kier molecular flexibility index (Phi) is 2.87. The second-order valence-corrected chi connectivity index (χ2v) is 4.80. The van der Waals surface area contributed by atoms with Crippen LogP contribution in [0.25, 0.3) is 0 Å². The highest BCUT2D eigenvalue weighted by Crippen LogP contribution is 2.28. The molecule has 0 fully saturated rings. The number of fused-ring (bicyclic) bond motifs is 1. The highest BCUT2D eigenvalue weighted by atomic mass is 35.5. The first-order valence-corrected chi connectivity index (χ1v) is 6.29. The first-order valence-electron chi connectivity index (χ1n) is 5.91. The standard InChI is InChI=1S/C14H12ClN3O/c1-18-12-5-4-9(15)7-10(12)14(17-8-13(18)19)11-3-2-6-16-11/h2-7,16H,8H2,1H3. The summed E-state index contributed by atoms with van der Waals surface area (Å²) >= 11 is 6.07. The van der Waals surface area contributed by atoms with Crippen LogP contribution in [-0.4, -0.2) is 30.2 Å². The third-order valence-electron chi connectivity index (χ3n) is 3.17. The largest absolute Gasteiger partial charge is 0.360 e. The summed E-state index contributed by atoms with van der Waals surface area (Å²) in [6.45, 7) is 0.136. The van der Waals surface area contributed by atoms with Gasteiger partial charge in [0.25, 0.3) is 0 Å². The van der Waals surface area contributed by atoms with E-state index in [1.807, 2.05) is 30.5 Å². The van der Waals surface area contributed by atoms with Crippen LogP contribution in [0.15, 0.2) is 41.5 Å². The normalized spacial score (nSPS) is 14.9. The van der Waals surface area contributed by atoms with E-state index in [4.69, 9.17) is 11.6 Å². The van der Waals surface area contributed by atoms with Gasteiger partial charge >= 0.3 is 0 Å². The summed E-state index contributed by atoms with van der Waals surface area (Å²) in [5.74, 6) is -0.0369. The molecule has 96 valence electrons. The number of carbonyl (C=O) groups is 1. The molecule has 1 N–H and O–H groups in total. The SMILES string of the molecule is CN1C(=O)CN=C(c2ccc[nH]2)c2cc(Cl)ccc21. The molecule has 1 aliphatic heterocycles. The van der Waals surface area contributed by atoms with Crippen LogP contribution >= 0.6 is 11.6 Å². The minimum Gasteiger partial charge on any atom is -0.360 e. The van der Waals surface area contributed by atoms with Crippen molar-refractivity contribution in [2.24, 2.45) is 4.99 Å². The first kappa shape index (κ1) is 12.0. The Morgan fingerprint density at radius 1 is 1.37 bits per heavy atom. The molecule has 0 atom stereocenters. The Bertz CT molecular complexity index is 661. The van der Waals surface area contributed by atoms with Crippen molar-refractivity contribution >= 4 is 28.9 Å². The number of hydrogen-bond donors (Lipinski definition) is 1. The number of benzodiazepines with no additional fused rings is 1. The van der Waals surface area contributed by atoms with Gasteiger partial charge in [-0.2, -0.15) is 0 Å². The molecule has 0 aliphatic carbocycles. The fourth-order valence-electron chi connectivity index (χ4n) is 2.17. The molecule has 19 heavy (non-hydrogen) atoms. The predicted molar refractivity (Wildman–Crippen MR) is 76.2 cm³/mol. The highest BCUT2D eigenvalue weighted by Gasteiger charge is 2.22. The zero-order chi connectivity index (χ0) is 13.4. The molecule has 3 rings (SSSR count). The predicted octanol–water partition coefficient (Wildman–Crippen LogP) is 2.48. The van der Waals surface area contributed by atoms with Gasteiger partial charge in [-0.15, -0.1) is 0 Å². The number of anilines is 1. The van der Waals surface area contributed by atoms with E-state index in [9.17, 15) is 4.79 Å². The first-order chi connectivity index (χ1) is 9.16. The number of nitrogens with zero attached hydrogens (tertiary/aromatic N) is 2. The molecule has 2 heterocycles. The van der Waals surface area contributed by atoms with Gasteiger partial charge in [0, 0.05) is 23.8 Å². The van der Waals surface area contributed by atoms with Gasteiger partial charge < -0.3 is 9.88 Å². The van der Waals surface area contributed by atoms with Gasteiger partial charge in [-0.1, -0.05) is 11.6 Å². The molecule has 0 bridgehead atoms. The summed E-state index contributed by atoms with van der Waals surface area (Å²) in [5.41, 5.74) is 3.33. The van der Waals surface area contributed by atoms with Crippen LogP contribution in [0.2, 0.25) is 5.02 Å². The summed E-state index contributed by atoms with van der Waals surface area (Å²) in [6, 6.07) is 9.30. The number of aromatic nitrogens is 1. The van der Waals surface area contributed by atoms with Crippen molar-refractivity contribution < 1.29 is 4.79 Å². The zero-order valence-electron chi connectivity index (χ0n) is 10.4. The molecule has 0 saturated heterocycles. The fourth-order valence-corrected chi connectivity index (χ4v) is 2.34. The lowest BCUT2D eigenvalue weighted by Crippen LogP contribution is -2.27. The smallest absolute Gasteiger partial charge is 0.248 e. The number of benzene rings is 1. The Morgan fingerprint density at radius 3 is 2.95 bits per heavy atom. The van der Waals surface area contributed by atoms with Crippen molar-refractivity contribution in [1.29, 1.82) is 0 Å².